The zero-order chi connectivity index (χ0) is 15.6. The normalized spacial score (nSPS) is 30.5. The Bertz CT molecular complexity index is 508. The van der Waals surface area contributed by atoms with Crippen molar-refractivity contribution in [2.75, 3.05) is 19.8 Å². The van der Waals surface area contributed by atoms with Crippen LogP contribution in [0.25, 0.3) is 5.57 Å². The van der Waals surface area contributed by atoms with Crippen molar-refractivity contribution in [2.24, 2.45) is 5.41 Å². The molecule has 0 aromatic heterocycles. The highest BCUT2D eigenvalue weighted by molar-refractivity contribution is 5.61. The number of benzene rings is 1. The van der Waals surface area contributed by atoms with E-state index >= 15 is 0 Å². The molecule has 3 fully saturated rings. The minimum atomic E-state index is -0.817. The molecular formula is C19H26O3. The molecule has 3 aliphatic heterocycles. The smallest absolute Gasteiger partial charge is 0.283 e. The van der Waals surface area contributed by atoms with Crippen molar-refractivity contribution >= 4 is 5.57 Å². The van der Waals surface area contributed by atoms with Crippen LogP contribution in [-0.2, 0) is 20.6 Å². The first kappa shape index (κ1) is 15.7. The lowest BCUT2D eigenvalue weighted by atomic mass is 9.84. The van der Waals surface area contributed by atoms with Crippen molar-refractivity contribution in [3.05, 3.63) is 42.0 Å². The number of fused-ring (bicyclic) bond motifs is 3. The summed E-state index contributed by atoms with van der Waals surface area (Å²) in [4.78, 5) is 0. The van der Waals surface area contributed by atoms with Gasteiger partial charge in [0.1, 0.15) is 0 Å². The third-order valence-electron chi connectivity index (χ3n) is 4.74. The van der Waals surface area contributed by atoms with Crippen LogP contribution in [0.5, 0.6) is 0 Å². The largest absolute Gasteiger partial charge is 0.327 e. The lowest BCUT2D eigenvalue weighted by molar-refractivity contribution is -0.470. The van der Waals surface area contributed by atoms with Crippen LogP contribution >= 0.6 is 0 Å². The van der Waals surface area contributed by atoms with Gasteiger partial charge in [0.25, 0.3) is 5.97 Å². The van der Waals surface area contributed by atoms with Gasteiger partial charge < -0.3 is 14.2 Å². The molecule has 1 aromatic carbocycles. The van der Waals surface area contributed by atoms with Crippen LogP contribution in [0, 0.1) is 5.41 Å². The summed E-state index contributed by atoms with van der Waals surface area (Å²) in [6.07, 6.45) is 3.86. The molecule has 0 spiro atoms. The first-order valence-corrected chi connectivity index (χ1v) is 8.23. The van der Waals surface area contributed by atoms with Gasteiger partial charge >= 0.3 is 0 Å². The summed E-state index contributed by atoms with van der Waals surface area (Å²) in [6, 6.07) is 8.53. The van der Waals surface area contributed by atoms with Gasteiger partial charge in [-0.3, -0.25) is 0 Å². The Hall–Kier alpha value is -1.16. The van der Waals surface area contributed by atoms with Gasteiger partial charge in [-0.1, -0.05) is 49.8 Å². The van der Waals surface area contributed by atoms with E-state index in [1.165, 1.54) is 11.1 Å². The predicted octanol–water partition coefficient (Wildman–Crippen LogP) is 4.17. The van der Waals surface area contributed by atoms with Crippen molar-refractivity contribution in [1.29, 1.82) is 0 Å². The molecule has 0 atom stereocenters. The summed E-state index contributed by atoms with van der Waals surface area (Å²) in [5.41, 5.74) is 3.63. The van der Waals surface area contributed by atoms with E-state index in [4.69, 9.17) is 14.2 Å². The number of aryl methyl sites for hydroxylation is 1. The Morgan fingerprint density at radius 1 is 1.05 bits per heavy atom. The van der Waals surface area contributed by atoms with Crippen LogP contribution in [0.1, 0.15) is 44.2 Å². The third-order valence-corrected chi connectivity index (χ3v) is 4.74. The molecule has 0 N–H and O–H groups in total. The van der Waals surface area contributed by atoms with Crippen molar-refractivity contribution in [2.45, 2.75) is 45.5 Å². The third kappa shape index (κ3) is 3.12. The predicted molar refractivity (Wildman–Crippen MR) is 87.4 cm³/mol. The second kappa shape index (κ2) is 6.15. The number of hydrogen-bond donors (Lipinski definition) is 0. The monoisotopic (exact) mass is 302 g/mol. The van der Waals surface area contributed by atoms with E-state index in [1.54, 1.807) is 0 Å². The van der Waals surface area contributed by atoms with E-state index in [0.29, 0.717) is 0 Å². The van der Waals surface area contributed by atoms with E-state index < -0.39 is 5.97 Å². The van der Waals surface area contributed by atoms with E-state index in [-0.39, 0.29) is 5.41 Å². The molecule has 0 radical (unpaired) electrons. The van der Waals surface area contributed by atoms with Crippen LogP contribution in [0.4, 0.5) is 0 Å². The maximum atomic E-state index is 5.95. The molecule has 3 heteroatoms. The zero-order valence-electron chi connectivity index (χ0n) is 13.7. The maximum Gasteiger partial charge on any atom is 0.283 e. The van der Waals surface area contributed by atoms with Gasteiger partial charge in [0.15, 0.2) is 0 Å². The Morgan fingerprint density at radius 3 is 2.14 bits per heavy atom. The Balaban J connectivity index is 1.57. The molecule has 3 nitrogen and oxygen atoms in total. The van der Waals surface area contributed by atoms with Crippen molar-refractivity contribution in [3.63, 3.8) is 0 Å². The van der Waals surface area contributed by atoms with Crippen LogP contribution < -0.4 is 0 Å². The molecule has 2 bridgehead atoms. The van der Waals surface area contributed by atoms with E-state index in [2.05, 4.69) is 37.8 Å². The summed E-state index contributed by atoms with van der Waals surface area (Å²) in [5.74, 6) is -0.817. The molecule has 0 saturated carbocycles. The zero-order valence-corrected chi connectivity index (χ0v) is 13.7. The minimum Gasteiger partial charge on any atom is -0.327 e. The average Bonchev–Trinajstić information content (AvgIpc) is 2.55. The molecule has 0 aliphatic carbocycles. The number of allylic oxidation sites excluding steroid dienone is 1. The highest BCUT2D eigenvalue weighted by atomic mass is 16.9. The average molecular weight is 302 g/mol. The van der Waals surface area contributed by atoms with Crippen LogP contribution in [0.2, 0.25) is 0 Å². The fraction of sp³-hybridized carbons (Fsp3) is 0.579. The standard InChI is InChI=1S/C19H26O3/c1-4-10-18-12-20-19(21-13-18,22-14-18)11-9-16-5-7-17(8-6-16)15(2)3/h5-8H,2,4,9-14H2,1,3H3. The Labute approximate surface area is 133 Å². The van der Waals surface area contributed by atoms with Gasteiger partial charge in [-0.25, -0.2) is 0 Å². The SMILES string of the molecule is C=C(C)c1ccc(CCC23OCC(CCC)(CO2)CO3)cc1. The van der Waals surface area contributed by atoms with Gasteiger partial charge in [-0.05, 0) is 30.9 Å². The molecule has 0 amide bonds. The Morgan fingerprint density at radius 2 is 1.64 bits per heavy atom. The quantitative estimate of drug-likeness (QED) is 0.789. The molecule has 120 valence electrons. The highest BCUT2D eigenvalue weighted by Crippen LogP contribution is 2.43. The number of rotatable bonds is 6. The molecule has 3 saturated heterocycles. The molecule has 4 rings (SSSR count). The van der Waals surface area contributed by atoms with E-state index in [0.717, 1.165) is 51.1 Å². The topological polar surface area (TPSA) is 27.7 Å². The van der Waals surface area contributed by atoms with Crippen molar-refractivity contribution in [1.82, 2.24) is 0 Å². The highest BCUT2D eigenvalue weighted by Gasteiger charge is 2.51. The first-order chi connectivity index (χ1) is 10.6. The maximum absolute atomic E-state index is 5.95. The minimum absolute atomic E-state index is 0.0830. The fourth-order valence-corrected chi connectivity index (χ4v) is 3.26. The lowest BCUT2D eigenvalue weighted by Crippen LogP contribution is -2.60. The summed E-state index contributed by atoms with van der Waals surface area (Å²) < 4.78 is 17.8. The summed E-state index contributed by atoms with van der Waals surface area (Å²) in [5, 5.41) is 0. The summed E-state index contributed by atoms with van der Waals surface area (Å²) >= 11 is 0. The fourth-order valence-electron chi connectivity index (χ4n) is 3.26. The van der Waals surface area contributed by atoms with Crippen molar-refractivity contribution in [3.8, 4) is 0 Å². The molecule has 1 aromatic rings. The van der Waals surface area contributed by atoms with Crippen molar-refractivity contribution < 1.29 is 14.2 Å². The van der Waals surface area contributed by atoms with Crippen LogP contribution in [-0.4, -0.2) is 25.8 Å². The molecule has 0 unspecified atom stereocenters. The summed E-state index contributed by atoms with van der Waals surface area (Å²) in [6.45, 7) is 10.5. The number of ether oxygens (including phenoxy) is 3. The van der Waals surface area contributed by atoms with Crippen LogP contribution in [0.15, 0.2) is 30.8 Å². The van der Waals surface area contributed by atoms with Gasteiger partial charge in [-0.15, -0.1) is 0 Å². The van der Waals surface area contributed by atoms with Gasteiger partial charge in [-0.2, -0.15) is 0 Å². The summed E-state index contributed by atoms with van der Waals surface area (Å²) in [7, 11) is 0. The molecule has 3 aliphatic rings. The van der Waals surface area contributed by atoms with E-state index in [1.807, 2.05) is 6.92 Å². The second-order valence-electron chi connectivity index (χ2n) is 6.78. The molecular weight excluding hydrogens is 276 g/mol. The van der Waals surface area contributed by atoms with Gasteiger partial charge in [0, 0.05) is 11.8 Å². The Kier molecular flexibility index (Phi) is 4.40. The first-order valence-electron chi connectivity index (χ1n) is 8.23. The molecule has 22 heavy (non-hydrogen) atoms. The second-order valence-corrected chi connectivity index (χ2v) is 6.78. The van der Waals surface area contributed by atoms with Gasteiger partial charge in [0.05, 0.1) is 19.8 Å². The number of hydrogen-bond acceptors (Lipinski definition) is 3. The van der Waals surface area contributed by atoms with Crippen LogP contribution in [0.3, 0.4) is 0 Å². The molecule has 3 heterocycles. The van der Waals surface area contributed by atoms with Gasteiger partial charge in [0.2, 0.25) is 0 Å². The lowest BCUT2D eigenvalue weighted by Gasteiger charge is -2.52. The van der Waals surface area contributed by atoms with E-state index in [9.17, 15) is 0 Å².